The van der Waals surface area contributed by atoms with Gasteiger partial charge in [-0.05, 0) is 60.1 Å². The summed E-state index contributed by atoms with van der Waals surface area (Å²) in [5.74, 6) is -0.644. The molecule has 7 heteroatoms. The first kappa shape index (κ1) is 16.3. The fourth-order valence-electron chi connectivity index (χ4n) is 2.09. The molecule has 0 saturated carbocycles. The van der Waals surface area contributed by atoms with Crippen LogP contribution in [0.4, 0.5) is 5.69 Å². The summed E-state index contributed by atoms with van der Waals surface area (Å²) in [4.78, 5) is 22.8. The third kappa shape index (κ3) is 5.01. The molecule has 0 aromatic heterocycles. The summed E-state index contributed by atoms with van der Waals surface area (Å²) in [6.45, 7) is 2.03. The van der Waals surface area contributed by atoms with Crippen LogP contribution in [0.5, 0.6) is 0 Å². The Balaban J connectivity index is 1.85. The van der Waals surface area contributed by atoms with E-state index in [9.17, 15) is 9.59 Å². The summed E-state index contributed by atoms with van der Waals surface area (Å²) in [6.07, 6.45) is 2.18. The number of anilines is 1. The molecule has 3 N–H and O–H groups in total. The van der Waals surface area contributed by atoms with Crippen molar-refractivity contribution in [3.05, 3.63) is 28.2 Å². The number of hydrogen-bond acceptors (Lipinski definition) is 4. The maximum Gasteiger partial charge on any atom is 0.335 e. The van der Waals surface area contributed by atoms with Crippen LogP contribution in [-0.2, 0) is 4.79 Å². The van der Waals surface area contributed by atoms with Gasteiger partial charge in [-0.1, -0.05) is 0 Å². The number of thioether (sulfide) groups is 1. The van der Waals surface area contributed by atoms with Gasteiger partial charge >= 0.3 is 5.97 Å². The van der Waals surface area contributed by atoms with Crippen LogP contribution in [-0.4, -0.2) is 41.1 Å². The van der Waals surface area contributed by atoms with Crippen molar-refractivity contribution in [2.24, 2.45) is 0 Å². The summed E-state index contributed by atoms with van der Waals surface area (Å²) in [6, 6.07) is 4.56. The van der Waals surface area contributed by atoms with Crippen molar-refractivity contribution < 1.29 is 14.7 Å². The molecule has 1 amide bonds. The first-order chi connectivity index (χ1) is 10.1. The standard InChI is InChI=1S/C14H17BrN2O3S/c15-11-7-9(14(19)20)1-2-12(11)17-13(18)8-21-10-3-5-16-6-4-10/h1-2,7,10,16H,3-6,8H2,(H,17,18)(H,19,20). The summed E-state index contributed by atoms with van der Waals surface area (Å²) in [5, 5.41) is 15.5. The van der Waals surface area contributed by atoms with Crippen molar-refractivity contribution in [2.75, 3.05) is 24.2 Å². The normalized spacial score (nSPS) is 15.7. The molecule has 1 aromatic carbocycles. The molecular weight excluding hydrogens is 356 g/mol. The van der Waals surface area contributed by atoms with Gasteiger partial charge in [-0.2, -0.15) is 0 Å². The molecule has 1 saturated heterocycles. The van der Waals surface area contributed by atoms with Gasteiger partial charge in [0.25, 0.3) is 0 Å². The van der Waals surface area contributed by atoms with Gasteiger partial charge in [0.2, 0.25) is 5.91 Å². The van der Waals surface area contributed by atoms with Crippen LogP contribution in [0.1, 0.15) is 23.2 Å². The number of carbonyl (C=O) groups is 2. The van der Waals surface area contributed by atoms with Gasteiger partial charge in [-0.25, -0.2) is 4.79 Å². The van der Waals surface area contributed by atoms with E-state index in [-0.39, 0.29) is 11.5 Å². The van der Waals surface area contributed by atoms with Crippen molar-refractivity contribution in [2.45, 2.75) is 18.1 Å². The molecule has 5 nitrogen and oxygen atoms in total. The lowest BCUT2D eigenvalue weighted by Gasteiger charge is -2.21. The fraction of sp³-hybridized carbons (Fsp3) is 0.429. The van der Waals surface area contributed by atoms with E-state index in [1.54, 1.807) is 17.8 Å². The van der Waals surface area contributed by atoms with E-state index >= 15 is 0 Å². The highest BCUT2D eigenvalue weighted by molar-refractivity contribution is 9.10. The van der Waals surface area contributed by atoms with E-state index in [1.165, 1.54) is 12.1 Å². The minimum atomic E-state index is -0.991. The first-order valence-corrected chi connectivity index (χ1v) is 8.55. The van der Waals surface area contributed by atoms with Crippen molar-refractivity contribution >= 4 is 45.3 Å². The third-order valence-corrected chi connectivity index (χ3v) is 5.25. The van der Waals surface area contributed by atoms with Gasteiger partial charge in [0.1, 0.15) is 0 Å². The number of rotatable bonds is 5. The highest BCUT2D eigenvalue weighted by atomic mass is 79.9. The minimum Gasteiger partial charge on any atom is -0.478 e. The maximum absolute atomic E-state index is 11.9. The monoisotopic (exact) mass is 372 g/mol. The SMILES string of the molecule is O=C(CSC1CCNCC1)Nc1ccc(C(=O)O)cc1Br. The van der Waals surface area contributed by atoms with Crippen LogP contribution >= 0.6 is 27.7 Å². The quantitative estimate of drug-likeness (QED) is 0.740. The Morgan fingerprint density at radius 3 is 2.71 bits per heavy atom. The number of halogens is 1. The van der Waals surface area contributed by atoms with Gasteiger partial charge in [-0.3, -0.25) is 4.79 Å². The molecule has 0 bridgehead atoms. The van der Waals surface area contributed by atoms with Crippen LogP contribution in [0, 0.1) is 0 Å². The van der Waals surface area contributed by atoms with Crippen molar-refractivity contribution in [1.82, 2.24) is 5.32 Å². The van der Waals surface area contributed by atoms with Crippen molar-refractivity contribution in [3.8, 4) is 0 Å². The second-order valence-electron chi connectivity index (χ2n) is 4.81. The van der Waals surface area contributed by atoms with E-state index in [0.717, 1.165) is 25.9 Å². The molecule has 1 aliphatic heterocycles. The summed E-state index contributed by atoms with van der Waals surface area (Å²) < 4.78 is 0.572. The number of aromatic carboxylic acids is 1. The molecule has 0 radical (unpaired) electrons. The molecule has 0 unspecified atom stereocenters. The molecule has 1 aromatic rings. The number of carboxylic acids is 1. The molecule has 2 rings (SSSR count). The van der Waals surface area contributed by atoms with Gasteiger partial charge in [0.15, 0.2) is 0 Å². The number of nitrogens with one attached hydrogen (secondary N) is 2. The van der Waals surface area contributed by atoms with Gasteiger partial charge in [0.05, 0.1) is 17.0 Å². The Kier molecular flexibility index (Phi) is 6.08. The largest absolute Gasteiger partial charge is 0.478 e. The van der Waals surface area contributed by atoms with Crippen LogP contribution in [0.2, 0.25) is 0 Å². The predicted octanol–water partition coefficient (Wildman–Crippen LogP) is 2.57. The predicted molar refractivity (Wildman–Crippen MR) is 88.1 cm³/mol. The van der Waals surface area contributed by atoms with Crippen molar-refractivity contribution in [3.63, 3.8) is 0 Å². The van der Waals surface area contributed by atoms with Gasteiger partial charge in [0, 0.05) is 9.72 Å². The topological polar surface area (TPSA) is 78.4 Å². The van der Waals surface area contributed by atoms with Crippen LogP contribution in [0.15, 0.2) is 22.7 Å². The lowest BCUT2D eigenvalue weighted by Crippen LogP contribution is -2.30. The van der Waals surface area contributed by atoms with E-state index < -0.39 is 5.97 Å². The van der Waals surface area contributed by atoms with E-state index in [1.807, 2.05) is 0 Å². The number of carboxylic acid groups (broad SMARTS) is 1. The second kappa shape index (κ2) is 7.82. The molecule has 21 heavy (non-hydrogen) atoms. The Labute approximate surface area is 136 Å². The zero-order valence-electron chi connectivity index (χ0n) is 11.4. The Morgan fingerprint density at radius 2 is 2.10 bits per heavy atom. The number of amides is 1. The van der Waals surface area contributed by atoms with Crippen molar-refractivity contribution in [1.29, 1.82) is 0 Å². The average molecular weight is 373 g/mol. The third-order valence-electron chi connectivity index (χ3n) is 3.23. The van der Waals surface area contributed by atoms with Crippen LogP contribution in [0.25, 0.3) is 0 Å². The molecule has 1 aliphatic rings. The summed E-state index contributed by atoms with van der Waals surface area (Å²) >= 11 is 4.96. The molecule has 1 heterocycles. The highest BCUT2D eigenvalue weighted by Gasteiger charge is 2.15. The van der Waals surface area contributed by atoms with E-state index in [2.05, 4.69) is 26.6 Å². The molecular formula is C14H17BrN2O3S. The zero-order valence-corrected chi connectivity index (χ0v) is 13.8. The Bertz CT molecular complexity index is 533. The zero-order chi connectivity index (χ0) is 15.2. The van der Waals surface area contributed by atoms with Crippen LogP contribution < -0.4 is 10.6 Å². The molecule has 1 fully saturated rings. The molecule has 0 atom stereocenters. The number of benzene rings is 1. The summed E-state index contributed by atoms with van der Waals surface area (Å²) in [7, 11) is 0. The van der Waals surface area contributed by atoms with Gasteiger partial charge in [-0.15, -0.1) is 11.8 Å². The van der Waals surface area contributed by atoms with Crippen LogP contribution in [0.3, 0.4) is 0 Å². The lowest BCUT2D eigenvalue weighted by atomic mass is 10.2. The molecule has 0 aliphatic carbocycles. The number of hydrogen-bond donors (Lipinski definition) is 3. The fourth-order valence-corrected chi connectivity index (χ4v) is 3.60. The Hall–Kier alpha value is -1.05. The first-order valence-electron chi connectivity index (χ1n) is 6.71. The smallest absolute Gasteiger partial charge is 0.335 e. The Morgan fingerprint density at radius 1 is 1.38 bits per heavy atom. The average Bonchev–Trinajstić information content (AvgIpc) is 2.48. The van der Waals surface area contributed by atoms with E-state index in [4.69, 9.17) is 5.11 Å². The highest BCUT2D eigenvalue weighted by Crippen LogP contribution is 2.25. The molecule has 0 spiro atoms. The van der Waals surface area contributed by atoms with Gasteiger partial charge < -0.3 is 15.7 Å². The minimum absolute atomic E-state index is 0.0673. The number of carbonyl (C=O) groups excluding carboxylic acids is 1. The summed E-state index contributed by atoms with van der Waals surface area (Å²) in [5.41, 5.74) is 0.778. The lowest BCUT2D eigenvalue weighted by molar-refractivity contribution is -0.113. The van der Waals surface area contributed by atoms with E-state index in [0.29, 0.717) is 21.2 Å². The second-order valence-corrected chi connectivity index (χ2v) is 6.95. The maximum atomic E-state index is 11.9. The number of piperidine rings is 1. The molecule has 114 valence electrons.